The van der Waals surface area contributed by atoms with Crippen LogP contribution in [0.1, 0.15) is 5.56 Å². The Bertz CT molecular complexity index is 955. The summed E-state index contributed by atoms with van der Waals surface area (Å²) in [7, 11) is 1.56. The summed E-state index contributed by atoms with van der Waals surface area (Å²) in [6.45, 7) is 0.157. The van der Waals surface area contributed by atoms with Gasteiger partial charge >= 0.3 is 6.09 Å². The zero-order chi connectivity index (χ0) is 16.7. The van der Waals surface area contributed by atoms with E-state index in [0.29, 0.717) is 17.1 Å². The zero-order valence-corrected chi connectivity index (χ0v) is 12.8. The third kappa shape index (κ3) is 2.32. The number of hydrogen-bond donors (Lipinski definition) is 1. The van der Waals surface area contributed by atoms with Crippen molar-refractivity contribution in [2.75, 3.05) is 12.4 Å². The predicted molar refractivity (Wildman–Crippen MR) is 87.5 cm³/mol. The number of anilines is 1. The number of carbonyl (C=O) groups is 1. The summed E-state index contributed by atoms with van der Waals surface area (Å²) in [5, 5.41) is 3.44. The Morgan fingerprint density at radius 3 is 2.75 bits per heavy atom. The molecule has 1 N–H and O–H groups in total. The van der Waals surface area contributed by atoms with Crippen LogP contribution in [0.4, 0.5) is 15.0 Å². The molecular formula is C18H13FN2O3. The molecule has 0 radical (unpaired) electrons. The Morgan fingerprint density at radius 1 is 1.21 bits per heavy atom. The van der Waals surface area contributed by atoms with Crippen LogP contribution in [-0.4, -0.2) is 18.2 Å². The summed E-state index contributed by atoms with van der Waals surface area (Å²) in [5.41, 5.74) is 3.17. The predicted octanol–water partition coefficient (Wildman–Crippen LogP) is 4.11. The van der Waals surface area contributed by atoms with E-state index in [1.807, 2.05) is 18.2 Å². The topological polar surface area (TPSA) is 60.5 Å². The van der Waals surface area contributed by atoms with Crippen molar-refractivity contribution in [3.05, 3.63) is 53.8 Å². The van der Waals surface area contributed by atoms with Gasteiger partial charge in [-0.3, -0.25) is 5.32 Å². The van der Waals surface area contributed by atoms with Gasteiger partial charge in [0.15, 0.2) is 0 Å². The molecule has 1 aliphatic rings. The van der Waals surface area contributed by atoms with Crippen LogP contribution in [0, 0.1) is 5.82 Å². The number of aromatic nitrogens is 1. The van der Waals surface area contributed by atoms with E-state index in [-0.39, 0.29) is 12.4 Å². The van der Waals surface area contributed by atoms with Crippen LogP contribution in [0.2, 0.25) is 0 Å². The summed E-state index contributed by atoms with van der Waals surface area (Å²) in [4.78, 5) is 15.9. The van der Waals surface area contributed by atoms with Crippen molar-refractivity contribution in [1.82, 2.24) is 4.98 Å². The fourth-order valence-electron chi connectivity index (χ4n) is 2.82. The normalized spacial score (nSPS) is 13.2. The number of nitrogens with zero attached hydrogens (tertiary/aromatic N) is 1. The van der Waals surface area contributed by atoms with E-state index in [2.05, 4.69) is 10.3 Å². The van der Waals surface area contributed by atoms with Gasteiger partial charge in [0.25, 0.3) is 0 Å². The third-order valence-electron chi connectivity index (χ3n) is 3.98. The molecule has 0 saturated carbocycles. The molecule has 6 heteroatoms. The molecule has 0 fully saturated rings. The average Bonchev–Trinajstić information content (AvgIpc) is 2.60. The van der Waals surface area contributed by atoms with Crippen molar-refractivity contribution in [2.45, 2.75) is 6.61 Å². The van der Waals surface area contributed by atoms with Gasteiger partial charge in [-0.15, -0.1) is 0 Å². The second-order valence-corrected chi connectivity index (χ2v) is 5.42. The molecule has 0 unspecified atom stereocenters. The SMILES string of the molecule is COc1ccc(-c2ccc(F)cc2)c2cc3c(nc12)NC(=O)OC3. The molecule has 0 saturated heterocycles. The first-order valence-electron chi connectivity index (χ1n) is 7.36. The fourth-order valence-corrected chi connectivity index (χ4v) is 2.82. The second kappa shape index (κ2) is 5.49. The Morgan fingerprint density at radius 2 is 2.00 bits per heavy atom. The molecule has 0 spiro atoms. The lowest BCUT2D eigenvalue weighted by molar-refractivity contribution is 0.151. The molecule has 1 aliphatic heterocycles. The maximum absolute atomic E-state index is 13.2. The number of halogens is 1. The number of rotatable bonds is 2. The van der Waals surface area contributed by atoms with Crippen LogP contribution in [0.3, 0.4) is 0 Å². The first-order valence-corrected chi connectivity index (χ1v) is 7.36. The number of pyridine rings is 1. The molecule has 0 bridgehead atoms. The summed E-state index contributed by atoms with van der Waals surface area (Å²) in [6.07, 6.45) is -0.525. The number of ether oxygens (including phenoxy) is 2. The molecule has 1 aromatic heterocycles. The van der Waals surface area contributed by atoms with Crippen molar-refractivity contribution in [2.24, 2.45) is 0 Å². The maximum atomic E-state index is 13.2. The van der Waals surface area contributed by atoms with Crippen LogP contribution in [0.5, 0.6) is 5.75 Å². The number of nitrogens with one attached hydrogen (secondary N) is 1. The summed E-state index contributed by atoms with van der Waals surface area (Å²) >= 11 is 0. The smallest absolute Gasteiger partial charge is 0.413 e. The summed E-state index contributed by atoms with van der Waals surface area (Å²) in [6, 6.07) is 11.9. The molecule has 120 valence electrons. The quantitative estimate of drug-likeness (QED) is 0.770. The van der Waals surface area contributed by atoms with Crippen LogP contribution in [-0.2, 0) is 11.3 Å². The van der Waals surface area contributed by atoms with Crippen LogP contribution >= 0.6 is 0 Å². The van der Waals surface area contributed by atoms with Crippen molar-refractivity contribution >= 4 is 22.8 Å². The van der Waals surface area contributed by atoms with E-state index in [4.69, 9.17) is 9.47 Å². The highest BCUT2D eigenvalue weighted by molar-refractivity contribution is 6.00. The summed E-state index contributed by atoms with van der Waals surface area (Å²) < 4.78 is 23.6. The molecular weight excluding hydrogens is 311 g/mol. The van der Waals surface area contributed by atoms with E-state index >= 15 is 0 Å². The monoisotopic (exact) mass is 324 g/mol. The lowest BCUT2D eigenvalue weighted by Gasteiger charge is -2.19. The first kappa shape index (κ1) is 14.4. The van der Waals surface area contributed by atoms with Crippen molar-refractivity contribution in [3.63, 3.8) is 0 Å². The minimum absolute atomic E-state index is 0.157. The molecule has 2 heterocycles. The Balaban J connectivity index is 1.98. The van der Waals surface area contributed by atoms with E-state index in [1.54, 1.807) is 19.2 Å². The van der Waals surface area contributed by atoms with Gasteiger partial charge in [-0.25, -0.2) is 14.2 Å². The molecule has 3 aromatic rings. The molecule has 4 rings (SSSR count). The largest absolute Gasteiger partial charge is 0.494 e. The van der Waals surface area contributed by atoms with Gasteiger partial charge in [0.2, 0.25) is 0 Å². The number of benzene rings is 2. The Kier molecular flexibility index (Phi) is 3.30. The van der Waals surface area contributed by atoms with Crippen molar-refractivity contribution in [1.29, 1.82) is 0 Å². The lowest BCUT2D eigenvalue weighted by Crippen LogP contribution is -2.21. The number of hydrogen-bond acceptors (Lipinski definition) is 4. The lowest BCUT2D eigenvalue weighted by atomic mass is 9.98. The Hall–Kier alpha value is -3.15. The van der Waals surface area contributed by atoms with Crippen LogP contribution < -0.4 is 10.1 Å². The summed E-state index contributed by atoms with van der Waals surface area (Å²) in [5.74, 6) is 0.774. The maximum Gasteiger partial charge on any atom is 0.413 e. The number of methoxy groups -OCH3 is 1. The number of cyclic esters (lactones) is 1. The van der Waals surface area contributed by atoms with Gasteiger partial charge in [-0.05, 0) is 41.5 Å². The molecule has 0 aliphatic carbocycles. The van der Waals surface area contributed by atoms with E-state index in [9.17, 15) is 9.18 Å². The van der Waals surface area contributed by atoms with Gasteiger partial charge < -0.3 is 9.47 Å². The zero-order valence-electron chi connectivity index (χ0n) is 12.8. The van der Waals surface area contributed by atoms with Crippen molar-refractivity contribution in [3.8, 4) is 16.9 Å². The highest BCUT2D eigenvalue weighted by Gasteiger charge is 2.20. The highest BCUT2D eigenvalue weighted by atomic mass is 19.1. The number of fused-ring (bicyclic) bond motifs is 2. The van der Waals surface area contributed by atoms with Crippen LogP contribution in [0.25, 0.3) is 22.0 Å². The van der Waals surface area contributed by atoms with Crippen molar-refractivity contribution < 1.29 is 18.7 Å². The average molecular weight is 324 g/mol. The minimum Gasteiger partial charge on any atom is -0.494 e. The highest BCUT2D eigenvalue weighted by Crippen LogP contribution is 2.36. The van der Waals surface area contributed by atoms with Gasteiger partial charge in [0.05, 0.1) is 7.11 Å². The standard InChI is InChI=1S/C18H13FN2O3/c1-23-15-7-6-13(10-2-4-12(19)5-3-10)14-8-11-9-24-18(22)21-17(11)20-16(14)15/h2-8H,9H2,1H3,(H,20,21,22). The van der Waals surface area contributed by atoms with Gasteiger partial charge in [-0.2, -0.15) is 0 Å². The molecule has 24 heavy (non-hydrogen) atoms. The molecule has 2 aromatic carbocycles. The van der Waals surface area contributed by atoms with E-state index in [0.717, 1.165) is 22.1 Å². The first-order chi connectivity index (χ1) is 11.7. The molecule has 5 nitrogen and oxygen atoms in total. The van der Waals surface area contributed by atoms with Crippen LogP contribution in [0.15, 0.2) is 42.5 Å². The molecule has 1 amide bonds. The van der Waals surface area contributed by atoms with Gasteiger partial charge in [-0.1, -0.05) is 12.1 Å². The fraction of sp³-hybridized carbons (Fsp3) is 0.111. The van der Waals surface area contributed by atoms with E-state index in [1.165, 1.54) is 12.1 Å². The van der Waals surface area contributed by atoms with Gasteiger partial charge in [0, 0.05) is 10.9 Å². The number of amides is 1. The molecule has 0 atom stereocenters. The Labute approximate surface area is 137 Å². The van der Waals surface area contributed by atoms with E-state index < -0.39 is 6.09 Å². The second-order valence-electron chi connectivity index (χ2n) is 5.42. The van der Waals surface area contributed by atoms with Gasteiger partial charge in [0.1, 0.15) is 29.5 Å². The minimum atomic E-state index is -0.525. The number of carbonyl (C=O) groups excluding carboxylic acids is 1. The third-order valence-corrected chi connectivity index (χ3v) is 3.98.